The van der Waals surface area contributed by atoms with E-state index >= 15 is 0 Å². The van der Waals surface area contributed by atoms with Crippen molar-refractivity contribution in [3.05, 3.63) is 0 Å². The number of esters is 1. The molecule has 0 aromatic carbocycles. The number of nitrogens with two attached hydrogens (primary N) is 1. The highest BCUT2D eigenvalue weighted by atomic mass is 16.5. The second-order valence-corrected chi connectivity index (χ2v) is 2.84. The normalized spacial score (nSPS) is 10.1. The van der Waals surface area contributed by atoms with Crippen LogP contribution in [0.25, 0.3) is 0 Å². The summed E-state index contributed by atoms with van der Waals surface area (Å²) in [4.78, 5) is 10.9. The fourth-order valence-electron chi connectivity index (χ4n) is 0.952. The number of hydrogen-bond donors (Lipinski definition) is 3. The minimum absolute atomic E-state index is 0.144. The van der Waals surface area contributed by atoms with Gasteiger partial charge in [-0.3, -0.25) is 4.79 Å². The SMILES string of the molecule is CCOC(=O)CCNCCNCCN. The largest absolute Gasteiger partial charge is 0.466 e. The monoisotopic (exact) mass is 203 g/mol. The molecule has 0 rings (SSSR count). The van der Waals surface area contributed by atoms with Crippen LogP contribution in [0.1, 0.15) is 13.3 Å². The van der Waals surface area contributed by atoms with Crippen molar-refractivity contribution >= 4 is 5.97 Å². The van der Waals surface area contributed by atoms with Crippen LogP contribution in [0.4, 0.5) is 0 Å². The van der Waals surface area contributed by atoms with Gasteiger partial charge in [0.2, 0.25) is 0 Å². The summed E-state index contributed by atoms with van der Waals surface area (Å²) >= 11 is 0. The Hall–Kier alpha value is -0.650. The maximum atomic E-state index is 10.9. The molecule has 14 heavy (non-hydrogen) atoms. The Labute approximate surface area is 85.4 Å². The first-order valence-electron chi connectivity index (χ1n) is 5.08. The summed E-state index contributed by atoms with van der Waals surface area (Å²) in [5.41, 5.74) is 5.30. The van der Waals surface area contributed by atoms with Crippen LogP contribution in [0.15, 0.2) is 0 Å². The van der Waals surface area contributed by atoms with Crippen molar-refractivity contribution < 1.29 is 9.53 Å². The van der Waals surface area contributed by atoms with Crippen LogP contribution >= 0.6 is 0 Å². The van der Waals surface area contributed by atoms with Crippen LogP contribution in [0.5, 0.6) is 0 Å². The maximum absolute atomic E-state index is 10.9. The van der Waals surface area contributed by atoms with Crippen LogP contribution in [0, 0.1) is 0 Å². The number of carbonyl (C=O) groups is 1. The molecule has 0 aromatic heterocycles. The highest BCUT2D eigenvalue weighted by Crippen LogP contribution is 1.83. The van der Waals surface area contributed by atoms with Gasteiger partial charge in [-0.1, -0.05) is 0 Å². The van der Waals surface area contributed by atoms with Crippen molar-refractivity contribution in [3.8, 4) is 0 Å². The van der Waals surface area contributed by atoms with Crippen LogP contribution in [-0.4, -0.2) is 45.3 Å². The molecule has 0 fully saturated rings. The Morgan fingerprint density at radius 3 is 2.43 bits per heavy atom. The van der Waals surface area contributed by atoms with E-state index in [1.807, 2.05) is 6.92 Å². The highest BCUT2D eigenvalue weighted by Gasteiger charge is 1.99. The lowest BCUT2D eigenvalue weighted by Crippen LogP contribution is -2.31. The van der Waals surface area contributed by atoms with Gasteiger partial charge in [-0.2, -0.15) is 0 Å². The predicted molar refractivity (Wildman–Crippen MR) is 56.0 cm³/mol. The number of rotatable bonds is 9. The first-order chi connectivity index (χ1) is 6.81. The first-order valence-corrected chi connectivity index (χ1v) is 5.08. The Bertz CT molecular complexity index is 142. The van der Waals surface area contributed by atoms with Crippen LogP contribution in [-0.2, 0) is 9.53 Å². The van der Waals surface area contributed by atoms with Gasteiger partial charge >= 0.3 is 5.97 Å². The number of carbonyl (C=O) groups excluding carboxylic acids is 1. The van der Waals surface area contributed by atoms with E-state index in [-0.39, 0.29) is 5.97 Å². The van der Waals surface area contributed by atoms with Gasteiger partial charge in [0, 0.05) is 32.7 Å². The molecule has 4 N–H and O–H groups in total. The lowest BCUT2D eigenvalue weighted by Gasteiger charge is -2.05. The van der Waals surface area contributed by atoms with Gasteiger partial charge in [0.25, 0.3) is 0 Å². The Morgan fingerprint density at radius 2 is 1.86 bits per heavy atom. The van der Waals surface area contributed by atoms with Gasteiger partial charge in [-0.05, 0) is 6.92 Å². The molecule has 0 aliphatic heterocycles. The van der Waals surface area contributed by atoms with E-state index in [1.165, 1.54) is 0 Å². The van der Waals surface area contributed by atoms with E-state index in [2.05, 4.69) is 10.6 Å². The van der Waals surface area contributed by atoms with Crippen LogP contribution in [0.2, 0.25) is 0 Å². The molecular weight excluding hydrogens is 182 g/mol. The minimum Gasteiger partial charge on any atom is -0.466 e. The molecular formula is C9H21N3O2. The molecule has 0 saturated carbocycles. The van der Waals surface area contributed by atoms with Crippen molar-refractivity contribution in [2.45, 2.75) is 13.3 Å². The van der Waals surface area contributed by atoms with Gasteiger partial charge in [-0.25, -0.2) is 0 Å². The average molecular weight is 203 g/mol. The van der Waals surface area contributed by atoms with Crippen molar-refractivity contribution in [1.29, 1.82) is 0 Å². The highest BCUT2D eigenvalue weighted by molar-refractivity contribution is 5.69. The molecule has 0 aromatic rings. The molecule has 84 valence electrons. The van der Waals surface area contributed by atoms with Gasteiger partial charge in [0.1, 0.15) is 0 Å². The van der Waals surface area contributed by atoms with E-state index in [1.54, 1.807) is 0 Å². The number of ether oxygens (including phenoxy) is 1. The molecule has 0 aliphatic carbocycles. The summed E-state index contributed by atoms with van der Waals surface area (Å²) in [6, 6.07) is 0. The van der Waals surface area contributed by atoms with Crippen LogP contribution in [0.3, 0.4) is 0 Å². The molecule has 0 radical (unpaired) electrons. The van der Waals surface area contributed by atoms with Crippen molar-refractivity contribution in [2.75, 3.05) is 39.3 Å². The zero-order valence-electron chi connectivity index (χ0n) is 8.84. The van der Waals surface area contributed by atoms with E-state index in [4.69, 9.17) is 10.5 Å². The molecule has 0 unspecified atom stereocenters. The third kappa shape index (κ3) is 9.44. The quantitative estimate of drug-likeness (QED) is 0.334. The lowest BCUT2D eigenvalue weighted by molar-refractivity contribution is -0.142. The standard InChI is InChI=1S/C9H21N3O2/c1-2-14-9(13)3-5-11-7-8-12-6-4-10/h11-12H,2-8,10H2,1H3. The molecule has 0 aliphatic rings. The third-order valence-electron chi connectivity index (χ3n) is 1.61. The van der Waals surface area contributed by atoms with Crippen molar-refractivity contribution in [3.63, 3.8) is 0 Å². The smallest absolute Gasteiger partial charge is 0.307 e. The van der Waals surface area contributed by atoms with E-state index in [0.29, 0.717) is 26.1 Å². The van der Waals surface area contributed by atoms with Gasteiger partial charge in [-0.15, -0.1) is 0 Å². The van der Waals surface area contributed by atoms with Crippen LogP contribution < -0.4 is 16.4 Å². The Morgan fingerprint density at radius 1 is 1.21 bits per heavy atom. The Kier molecular flexibility index (Phi) is 9.95. The van der Waals surface area contributed by atoms with Gasteiger partial charge in [0.15, 0.2) is 0 Å². The molecule has 0 atom stereocenters. The molecule has 5 heteroatoms. The van der Waals surface area contributed by atoms with E-state index in [9.17, 15) is 4.79 Å². The van der Waals surface area contributed by atoms with E-state index in [0.717, 1.165) is 19.6 Å². The zero-order chi connectivity index (χ0) is 10.6. The summed E-state index contributed by atoms with van der Waals surface area (Å²) < 4.78 is 4.78. The summed E-state index contributed by atoms with van der Waals surface area (Å²) in [7, 11) is 0. The van der Waals surface area contributed by atoms with Gasteiger partial charge in [0.05, 0.1) is 13.0 Å². The maximum Gasteiger partial charge on any atom is 0.307 e. The minimum atomic E-state index is -0.144. The fraction of sp³-hybridized carbons (Fsp3) is 0.889. The third-order valence-corrected chi connectivity index (χ3v) is 1.61. The lowest BCUT2D eigenvalue weighted by atomic mass is 10.4. The molecule has 0 amide bonds. The molecule has 0 heterocycles. The topological polar surface area (TPSA) is 76.4 Å². The molecule has 0 saturated heterocycles. The second-order valence-electron chi connectivity index (χ2n) is 2.84. The second kappa shape index (κ2) is 10.4. The van der Waals surface area contributed by atoms with Crippen molar-refractivity contribution in [2.24, 2.45) is 5.73 Å². The predicted octanol–water partition coefficient (Wildman–Crippen LogP) is -0.922. The molecule has 0 spiro atoms. The molecule has 5 nitrogen and oxygen atoms in total. The fourth-order valence-corrected chi connectivity index (χ4v) is 0.952. The molecule has 0 bridgehead atoms. The number of hydrogen-bond acceptors (Lipinski definition) is 5. The summed E-state index contributed by atoms with van der Waals surface area (Å²) in [5, 5.41) is 6.27. The van der Waals surface area contributed by atoms with E-state index < -0.39 is 0 Å². The Balaban J connectivity index is 3.01. The average Bonchev–Trinajstić information content (AvgIpc) is 2.17. The zero-order valence-corrected chi connectivity index (χ0v) is 8.84. The van der Waals surface area contributed by atoms with Crippen molar-refractivity contribution in [1.82, 2.24) is 10.6 Å². The number of nitrogens with one attached hydrogen (secondary N) is 2. The van der Waals surface area contributed by atoms with Gasteiger partial charge < -0.3 is 21.1 Å². The summed E-state index contributed by atoms with van der Waals surface area (Å²) in [6.45, 7) is 6.14. The summed E-state index contributed by atoms with van der Waals surface area (Å²) in [5.74, 6) is -0.144. The summed E-state index contributed by atoms with van der Waals surface area (Å²) in [6.07, 6.45) is 0.435. The first kappa shape index (κ1) is 13.4.